The topological polar surface area (TPSA) is 68.5 Å². The van der Waals surface area contributed by atoms with Crippen LogP contribution in [0.4, 0.5) is 5.95 Å². The number of nitrogens with one attached hydrogen (secondary N) is 1. The fourth-order valence-corrected chi connectivity index (χ4v) is 2.57. The minimum atomic E-state index is 0.130. The summed E-state index contributed by atoms with van der Waals surface area (Å²) in [6, 6.07) is 9.92. The summed E-state index contributed by atoms with van der Waals surface area (Å²) >= 11 is 0. The molecule has 0 saturated heterocycles. The first-order chi connectivity index (χ1) is 10.4. The second-order valence-electron chi connectivity index (χ2n) is 4.93. The Morgan fingerprint density at radius 3 is 2.81 bits per heavy atom. The van der Waals surface area contributed by atoms with Gasteiger partial charge in [-0.3, -0.25) is 9.97 Å². The Kier molecular flexibility index (Phi) is 2.85. The Bertz CT molecular complexity index is 737. The van der Waals surface area contributed by atoms with Crippen molar-refractivity contribution >= 4 is 5.95 Å². The molecule has 21 heavy (non-hydrogen) atoms. The van der Waals surface area contributed by atoms with E-state index < -0.39 is 0 Å². The second-order valence-corrected chi connectivity index (χ2v) is 4.93. The van der Waals surface area contributed by atoms with E-state index in [0.717, 1.165) is 30.2 Å². The number of aromatic nitrogens is 5. The van der Waals surface area contributed by atoms with E-state index in [-0.39, 0.29) is 6.04 Å². The van der Waals surface area contributed by atoms with Gasteiger partial charge in [-0.2, -0.15) is 4.98 Å². The van der Waals surface area contributed by atoms with Gasteiger partial charge in [-0.1, -0.05) is 6.07 Å². The monoisotopic (exact) mass is 278 g/mol. The molecule has 0 bridgehead atoms. The Hall–Kier alpha value is -2.76. The molecule has 104 valence electrons. The number of nitrogens with zero attached hydrogens (tertiary/aromatic N) is 5. The van der Waals surface area contributed by atoms with Crippen LogP contribution < -0.4 is 5.32 Å². The molecule has 0 saturated carbocycles. The molecule has 0 aliphatic carbocycles. The van der Waals surface area contributed by atoms with E-state index in [0.29, 0.717) is 5.82 Å². The van der Waals surface area contributed by atoms with Crippen LogP contribution >= 0.6 is 0 Å². The molecule has 0 amide bonds. The van der Waals surface area contributed by atoms with Gasteiger partial charge in [0, 0.05) is 30.7 Å². The highest BCUT2D eigenvalue weighted by atomic mass is 15.4. The molecule has 0 radical (unpaired) electrons. The van der Waals surface area contributed by atoms with Gasteiger partial charge < -0.3 is 5.32 Å². The number of hydrogen-bond acceptors (Lipinski definition) is 5. The van der Waals surface area contributed by atoms with Crippen molar-refractivity contribution in [1.29, 1.82) is 0 Å². The van der Waals surface area contributed by atoms with Gasteiger partial charge in [-0.25, -0.2) is 4.68 Å². The van der Waals surface area contributed by atoms with E-state index in [4.69, 9.17) is 0 Å². The summed E-state index contributed by atoms with van der Waals surface area (Å²) in [5.74, 6) is 1.51. The van der Waals surface area contributed by atoms with E-state index >= 15 is 0 Å². The van der Waals surface area contributed by atoms with Crippen LogP contribution in [0.5, 0.6) is 0 Å². The molecule has 4 rings (SSSR count). The van der Waals surface area contributed by atoms with Gasteiger partial charge in [0.2, 0.25) is 5.95 Å². The maximum Gasteiger partial charge on any atom is 0.222 e. The highest BCUT2D eigenvalue weighted by molar-refractivity contribution is 5.55. The molecule has 4 heterocycles. The average Bonchev–Trinajstić information content (AvgIpc) is 3.00. The van der Waals surface area contributed by atoms with E-state index in [2.05, 4.69) is 25.4 Å². The first-order valence-electron chi connectivity index (χ1n) is 6.93. The zero-order valence-corrected chi connectivity index (χ0v) is 11.3. The molecule has 1 aliphatic rings. The Labute approximate surface area is 121 Å². The number of pyridine rings is 2. The maximum atomic E-state index is 4.65. The predicted molar refractivity (Wildman–Crippen MR) is 78.7 cm³/mol. The molecular formula is C15H14N6. The fraction of sp³-hybridized carbons (Fsp3) is 0.200. The third-order valence-electron chi connectivity index (χ3n) is 3.60. The molecule has 1 aliphatic heterocycles. The highest BCUT2D eigenvalue weighted by Crippen LogP contribution is 2.28. The van der Waals surface area contributed by atoms with Crippen molar-refractivity contribution in [2.24, 2.45) is 0 Å². The normalized spacial score (nSPS) is 17.0. The first-order valence-corrected chi connectivity index (χ1v) is 6.93. The van der Waals surface area contributed by atoms with Crippen molar-refractivity contribution in [3.05, 3.63) is 54.6 Å². The van der Waals surface area contributed by atoms with Crippen LogP contribution in [0.15, 0.2) is 48.9 Å². The van der Waals surface area contributed by atoms with E-state index in [1.165, 1.54) is 0 Å². The van der Waals surface area contributed by atoms with Gasteiger partial charge in [0.1, 0.15) is 0 Å². The van der Waals surface area contributed by atoms with Gasteiger partial charge >= 0.3 is 0 Å². The van der Waals surface area contributed by atoms with Crippen molar-refractivity contribution in [3.63, 3.8) is 0 Å². The summed E-state index contributed by atoms with van der Waals surface area (Å²) in [6.45, 7) is 0.871. The molecule has 3 aromatic rings. The van der Waals surface area contributed by atoms with Gasteiger partial charge in [0.25, 0.3) is 0 Å². The minimum absolute atomic E-state index is 0.130. The van der Waals surface area contributed by atoms with E-state index in [1.807, 2.05) is 41.2 Å². The molecule has 6 nitrogen and oxygen atoms in total. The molecule has 1 unspecified atom stereocenters. The lowest BCUT2D eigenvalue weighted by atomic mass is 10.1. The maximum absolute atomic E-state index is 4.65. The fourth-order valence-electron chi connectivity index (χ4n) is 2.57. The van der Waals surface area contributed by atoms with Crippen LogP contribution in [-0.2, 0) is 0 Å². The number of fused-ring (bicyclic) bond motifs is 1. The number of anilines is 1. The van der Waals surface area contributed by atoms with Crippen LogP contribution in [0, 0.1) is 0 Å². The van der Waals surface area contributed by atoms with Crippen molar-refractivity contribution in [1.82, 2.24) is 24.7 Å². The zero-order valence-electron chi connectivity index (χ0n) is 11.3. The van der Waals surface area contributed by atoms with Gasteiger partial charge in [-0.05, 0) is 30.7 Å². The standard InChI is InChI=1S/C15H14N6/c1-2-7-17-12(3-1)13-6-10-18-15-19-14(20-21(13)15)11-4-8-16-9-5-11/h1-5,7-9,13H,6,10H2,(H,18,19,20). The van der Waals surface area contributed by atoms with E-state index in [1.54, 1.807) is 12.4 Å². The second kappa shape index (κ2) is 4.97. The lowest BCUT2D eigenvalue weighted by Crippen LogP contribution is -2.25. The Morgan fingerprint density at radius 1 is 1.10 bits per heavy atom. The first kappa shape index (κ1) is 12.0. The average molecular weight is 278 g/mol. The van der Waals surface area contributed by atoms with Crippen molar-refractivity contribution in [3.8, 4) is 11.4 Å². The molecule has 6 heteroatoms. The minimum Gasteiger partial charge on any atom is -0.354 e. The summed E-state index contributed by atoms with van der Waals surface area (Å²) in [6.07, 6.45) is 6.26. The van der Waals surface area contributed by atoms with Crippen molar-refractivity contribution < 1.29 is 0 Å². The van der Waals surface area contributed by atoms with Crippen molar-refractivity contribution in [2.75, 3.05) is 11.9 Å². The molecule has 1 atom stereocenters. The molecule has 0 aromatic carbocycles. The summed E-state index contributed by atoms with van der Waals surface area (Å²) in [7, 11) is 0. The van der Waals surface area contributed by atoms with Gasteiger partial charge in [-0.15, -0.1) is 5.10 Å². The van der Waals surface area contributed by atoms with Gasteiger partial charge in [0.05, 0.1) is 11.7 Å². The molecule has 3 aromatic heterocycles. The number of hydrogen-bond donors (Lipinski definition) is 1. The molecule has 1 N–H and O–H groups in total. The van der Waals surface area contributed by atoms with Gasteiger partial charge in [0.15, 0.2) is 5.82 Å². The lowest BCUT2D eigenvalue weighted by molar-refractivity contribution is 0.471. The quantitative estimate of drug-likeness (QED) is 0.777. The van der Waals surface area contributed by atoms with Crippen LogP contribution in [0.3, 0.4) is 0 Å². The third-order valence-corrected chi connectivity index (χ3v) is 3.60. The Morgan fingerprint density at radius 2 is 2.00 bits per heavy atom. The van der Waals surface area contributed by atoms with Crippen LogP contribution in [-0.4, -0.2) is 31.3 Å². The summed E-state index contributed by atoms with van der Waals surface area (Å²) in [4.78, 5) is 13.1. The number of rotatable bonds is 2. The predicted octanol–water partition coefficient (Wildman–Crippen LogP) is 2.14. The summed E-state index contributed by atoms with van der Waals surface area (Å²) in [5.41, 5.74) is 1.99. The smallest absolute Gasteiger partial charge is 0.222 e. The highest BCUT2D eigenvalue weighted by Gasteiger charge is 2.25. The molecule has 0 fully saturated rings. The van der Waals surface area contributed by atoms with E-state index in [9.17, 15) is 0 Å². The molecular weight excluding hydrogens is 264 g/mol. The zero-order chi connectivity index (χ0) is 14.1. The van der Waals surface area contributed by atoms with Crippen LogP contribution in [0.2, 0.25) is 0 Å². The summed E-state index contributed by atoms with van der Waals surface area (Å²) in [5, 5.41) is 7.95. The lowest BCUT2D eigenvalue weighted by Gasteiger charge is -2.23. The van der Waals surface area contributed by atoms with Crippen LogP contribution in [0.1, 0.15) is 18.2 Å². The van der Waals surface area contributed by atoms with Crippen molar-refractivity contribution in [2.45, 2.75) is 12.5 Å². The molecule has 0 spiro atoms. The SMILES string of the molecule is c1ccc(C2CCNc3nc(-c4ccncc4)nn32)nc1. The Balaban J connectivity index is 1.77. The largest absolute Gasteiger partial charge is 0.354 e. The summed E-state index contributed by atoms with van der Waals surface area (Å²) < 4.78 is 1.93. The van der Waals surface area contributed by atoms with Crippen LogP contribution in [0.25, 0.3) is 11.4 Å². The third kappa shape index (κ3) is 2.14.